The summed E-state index contributed by atoms with van der Waals surface area (Å²) < 4.78 is 20.5. The normalized spacial score (nSPS) is 11.2. The van der Waals surface area contributed by atoms with Crippen molar-refractivity contribution >= 4 is 44.6 Å². The van der Waals surface area contributed by atoms with Crippen LogP contribution in [0.1, 0.15) is 15.4 Å². The smallest absolute Gasteiger partial charge is 0.350 e. The molecule has 0 aliphatic heterocycles. The number of ether oxygens (including phenoxy) is 1. The van der Waals surface area contributed by atoms with Gasteiger partial charge in [-0.1, -0.05) is 17.7 Å². The Balaban J connectivity index is 1.59. The van der Waals surface area contributed by atoms with Crippen molar-refractivity contribution in [1.29, 1.82) is 0 Å². The number of benzene rings is 1. The van der Waals surface area contributed by atoms with E-state index in [0.29, 0.717) is 21.4 Å². The summed E-state index contributed by atoms with van der Waals surface area (Å²) in [6.45, 7) is -0.168. The summed E-state index contributed by atoms with van der Waals surface area (Å²) in [5.41, 5.74) is 0.524. The second-order valence-corrected chi connectivity index (χ2v) is 6.91. The summed E-state index contributed by atoms with van der Waals surface area (Å²) in [5.74, 6) is -1.05. The first-order valence-electron chi connectivity index (χ1n) is 7.55. The Hall–Kier alpha value is -2.77. The van der Waals surface area contributed by atoms with Crippen molar-refractivity contribution in [3.63, 3.8) is 0 Å². The molecule has 0 radical (unpaired) electrons. The Morgan fingerprint density at radius 1 is 1.27 bits per heavy atom. The number of pyridine rings is 1. The molecule has 4 aromatic rings. The van der Waals surface area contributed by atoms with Crippen LogP contribution in [-0.2, 0) is 11.3 Å². The maximum absolute atomic E-state index is 13.3. The molecule has 0 aliphatic rings. The van der Waals surface area contributed by atoms with E-state index in [2.05, 4.69) is 4.98 Å². The first kappa shape index (κ1) is 16.7. The van der Waals surface area contributed by atoms with Gasteiger partial charge in [-0.3, -0.25) is 9.20 Å². The molecule has 8 heteroatoms. The van der Waals surface area contributed by atoms with Gasteiger partial charge in [0.1, 0.15) is 22.9 Å². The highest BCUT2D eigenvalue weighted by atomic mass is 35.5. The molecule has 0 unspecified atom stereocenters. The van der Waals surface area contributed by atoms with Gasteiger partial charge >= 0.3 is 5.97 Å². The summed E-state index contributed by atoms with van der Waals surface area (Å²) in [4.78, 5) is 28.9. The number of fused-ring (bicyclic) bond motifs is 2. The van der Waals surface area contributed by atoms with E-state index in [1.54, 1.807) is 24.4 Å². The van der Waals surface area contributed by atoms with Crippen LogP contribution >= 0.6 is 22.9 Å². The highest BCUT2D eigenvalue weighted by molar-refractivity contribution is 7.21. The average Bonchev–Trinajstić information content (AvgIpc) is 2.96. The molecule has 0 aliphatic carbocycles. The van der Waals surface area contributed by atoms with Crippen LogP contribution < -0.4 is 5.56 Å². The molecule has 1 aromatic carbocycles. The van der Waals surface area contributed by atoms with E-state index in [-0.39, 0.29) is 22.1 Å². The fraction of sp³-hybridized carbons (Fsp3) is 0.0556. The molecule has 0 atom stereocenters. The molecule has 3 aromatic heterocycles. The number of rotatable bonds is 3. The third-order valence-corrected chi connectivity index (χ3v) is 5.39. The van der Waals surface area contributed by atoms with Gasteiger partial charge in [-0.15, -0.1) is 11.3 Å². The first-order chi connectivity index (χ1) is 12.5. The fourth-order valence-corrected chi connectivity index (χ4v) is 3.98. The Kier molecular flexibility index (Phi) is 4.18. The number of hydrogen-bond donors (Lipinski definition) is 0. The number of thiophene rings is 1. The van der Waals surface area contributed by atoms with E-state index in [9.17, 15) is 14.0 Å². The van der Waals surface area contributed by atoms with Crippen LogP contribution in [-0.4, -0.2) is 15.4 Å². The van der Waals surface area contributed by atoms with Gasteiger partial charge in [0.25, 0.3) is 5.56 Å². The maximum atomic E-state index is 13.3. The van der Waals surface area contributed by atoms with Crippen molar-refractivity contribution in [2.45, 2.75) is 6.61 Å². The lowest BCUT2D eigenvalue weighted by atomic mass is 10.2. The topological polar surface area (TPSA) is 60.7 Å². The van der Waals surface area contributed by atoms with Crippen molar-refractivity contribution in [2.24, 2.45) is 0 Å². The summed E-state index contributed by atoms with van der Waals surface area (Å²) in [5, 5.41) is 0.814. The highest BCUT2D eigenvalue weighted by Crippen LogP contribution is 2.36. The zero-order chi connectivity index (χ0) is 18.3. The van der Waals surface area contributed by atoms with E-state index >= 15 is 0 Å². The first-order valence-corrected chi connectivity index (χ1v) is 8.74. The van der Waals surface area contributed by atoms with Crippen molar-refractivity contribution in [3.8, 4) is 0 Å². The van der Waals surface area contributed by atoms with E-state index in [4.69, 9.17) is 16.3 Å². The van der Waals surface area contributed by atoms with E-state index in [1.807, 2.05) is 0 Å². The van der Waals surface area contributed by atoms with Crippen LogP contribution in [0.15, 0.2) is 53.5 Å². The van der Waals surface area contributed by atoms with Crippen LogP contribution in [0.4, 0.5) is 4.39 Å². The van der Waals surface area contributed by atoms with E-state index in [0.717, 1.165) is 11.3 Å². The number of carbonyl (C=O) groups is 1. The summed E-state index contributed by atoms with van der Waals surface area (Å²) in [6, 6.07) is 10.6. The number of nitrogens with zero attached hydrogens (tertiary/aromatic N) is 2. The zero-order valence-electron chi connectivity index (χ0n) is 13.1. The van der Waals surface area contributed by atoms with Gasteiger partial charge in [-0.2, -0.15) is 0 Å². The lowest BCUT2D eigenvalue weighted by Crippen LogP contribution is -2.16. The Morgan fingerprint density at radius 2 is 2.12 bits per heavy atom. The molecule has 0 fully saturated rings. The monoisotopic (exact) mass is 388 g/mol. The molecule has 0 N–H and O–H groups in total. The lowest BCUT2D eigenvalue weighted by molar-refractivity contribution is 0.0474. The minimum absolute atomic E-state index is 0.168. The molecule has 26 heavy (non-hydrogen) atoms. The SMILES string of the molecule is O=C(OCc1cc(=O)n2ccccc2n1)c1sc2cc(F)ccc2c1Cl. The van der Waals surface area contributed by atoms with Gasteiger partial charge in [-0.25, -0.2) is 14.2 Å². The van der Waals surface area contributed by atoms with Crippen molar-refractivity contribution in [3.05, 3.63) is 80.4 Å². The average molecular weight is 389 g/mol. The van der Waals surface area contributed by atoms with Crippen LogP contribution in [0.25, 0.3) is 15.7 Å². The molecule has 4 rings (SSSR count). The molecular formula is C18H10ClFN2O3S. The summed E-state index contributed by atoms with van der Waals surface area (Å²) in [6.07, 6.45) is 1.61. The van der Waals surface area contributed by atoms with E-state index in [1.165, 1.54) is 28.7 Å². The number of hydrogen-bond acceptors (Lipinski definition) is 5. The minimum Gasteiger partial charge on any atom is -0.455 e. The summed E-state index contributed by atoms with van der Waals surface area (Å²) >= 11 is 7.26. The molecule has 0 bridgehead atoms. The van der Waals surface area contributed by atoms with Gasteiger partial charge in [-0.05, 0) is 30.3 Å². The highest BCUT2D eigenvalue weighted by Gasteiger charge is 2.19. The van der Waals surface area contributed by atoms with Gasteiger partial charge in [0.2, 0.25) is 0 Å². The quantitative estimate of drug-likeness (QED) is 0.496. The molecule has 130 valence electrons. The van der Waals surface area contributed by atoms with E-state index < -0.39 is 11.8 Å². The van der Waals surface area contributed by atoms with Crippen LogP contribution in [0.5, 0.6) is 0 Å². The molecular weight excluding hydrogens is 379 g/mol. The predicted molar refractivity (Wildman–Crippen MR) is 97.4 cm³/mol. The second kappa shape index (κ2) is 6.51. The molecule has 0 saturated heterocycles. The maximum Gasteiger partial charge on any atom is 0.350 e. The lowest BCUT2D eigenvalue weighted by Gasteiger charge is -2.05. The van der Waals surface area contributed by atoms with Crippen LogP contribution in [0, 0.1) is 5.82 Å². The van der Waals surface area contributed by atoms with Crippen molar-refractivity contribution < 1.29 is 13.9 Å². The van der Waals surface area contributed by atoms with Crippen LogP contribution in [0.2, 0.25) is 5.02 Å². The molecule has 0 saturated carbocycles. The van der Waals surface area contributed by atoms with Gasteiger partial charge in [0.05, 0.1) is 10.7 Å². The van der Waals surface area contributed by atoms with Crippen molar-refractivity contribution in [2.75, 3.05) is 0 Å². The minimum atomic E-state index is -0.647. The number of aromatic nitrogens is 2. The van der Waals surface area contributed by atoms with Crippen LogP contribution in [0.3, 0.4) is 0 Å². The molecule has 0 spiro atoms. The Labute approximate surface area is 155 Å². The summed E-state index contributed by atoms with van der Waals surface area (Å²) in [7, 11) is 0. The molecule has 5 nitrogen and oxygen atoms in total. The third kappa shape index (κ3) is 2.95. The number of esters is 1. The standard InChI is InChI=1S/C18H10ClFN2O3S/c19-16-12-5-4-10(20)7-13(12)26-17(16)18(24)25-9-11-8-15(23)22-6-2-1-3-14(22)21-11/h1-8H,9H2. The third-order valence-electron chi connectivity index (χ3n) is 3.75. The molecule has 0 amide bonds. The zero-order valence-corrected chi connectivity index (χ0v) is 14.7. The Morgan fingerprint density at radius 3 is 2.96 bits per heavy atom. The van der Waals surface area contributed by atoms with Crippen molar-refractivity contribution in [1.82, 2.24) is 9.38 Å². The largest absolute Gasteiger partial charge is 0.455 e. The predicted octanol–water partition coefficient (Wildman–Crippen LogP) is 4.06. The Bertz CT molecular complexity index is 1220. The number of carbonyl (C=O) groups excluding carboxylic acids is 1. The van der Waals surface area contributed by atoms with Gasteiger partial charge in [0.15, 0.2) is 0 Å². The number of halogens is 2. The van der Waals surface area contributed by atoms with Gasteiger partial charge in [0, 0.05) is 22.3 Å². The van der Waals surface area contributed by atoms with Gasteiger partial charge < -0.3 is 4.74 Å². The molecule has 3 heterocycles. The fourth-order valence-electron chi connectivity index (χ4n) is 2.55. The second-order valence-electron chi connectivity index (χ2n) is 5.48.